The van der Waals surface area contributed by atoms with Crippen LogP contribution in [0.1, 0.15) is 33.1 Å². The van der Waals surface area contributed by atoms with Gasteiger partial charge in [0, 0.05) is 24.3 Å². The van der Waals surface area contributed by atoms with E-state index in [-0.39, 0.29) is 5.54 Å². The highest BCUT2D eigenvalue weighted by molar-refractivity contribution is 6.42. The molecule has 19 heavy (non-hydrogen) atoms. The first-order chi connectivity index (χ1) is 9.10. The predicted octanol–water partition coefficient (Wildman–Crippen LogP) is 4.35. The van der Waals surface area contributed by atoms with Crippen LogP contribution in [0, 0.1) is 0 Å². The van der Waals surface area contributed by atoms with Crippen LogP contribution in [0.2, 0.25) is 10.0 Å². The molecule has 4 heteroatoms. The molecule has 2 rings (SSSR count). The minimum atomic E-state index is 0.211. The molecular formula is C15H22Cl2N2. The minimum Gasteiger partial charge on any atom is -0.370 e. The van der Waals surface area contributed by atoms with Crippen molar-refractivity contribution >= 4 is 28.9 Å². The van der Waals surface area contributed by atoms with Crippen LogP contribution in [0.5, 0.6) is 0 Å². The Labute approximate surface area is 126 Å². The summed E-state index contributed by atoms with van der Waals surface area (Å²) < 4.78 is 0. The van der Waals surface area contributed by atoms with Crippen molar-refractivity contribution < 1.29 is 0 Å². The standard InChI is InChI=1S/C15H22Cl2N2/c1-3-15(4-2)11-19(9-5-8-18-15)12-6-7-13(16)14(17)10-12/h6-7,10,18H,3-5,8-9,11H2,1-2H3. The maximum Gasteiger partial charge on any atom is 0.0612 e. The first-order valence-corrected chi connectivity index (χ1v) is 7.81. The Morgan fingerprint density at radius 1 is 1.21 bits per heavy atom. The quantitative estimate of drug-likeness (QED) is 0.893. The van der Waals surface area contributed by atoms with Gasteiger partial charge in [-0.25, -0.2) is 0 Å². The molecule has 106 valence electrons. The summed E-state index contributed by atoms with van der Waals surface area (Å²) in [7, 11) is 0. The molecule has 1 aromatic rings. The molecule has 0 aliphatic carbocycles. The van der Waals surface area contributed by atoms with E-state index in [4.69, 9.17) is 23.2 Å². The fourth-order valence-electron chi connectivity index (χ4n) is 2.75. The number of halogens is 2. The normalized spacial score (nSPS) is 19.3. The largest absolute Gasteiger partial charge is 0.370 e. The zero-order valence-electron chi connectivity index (χ0n) is 11.7. The molecular weight excluding hydrogens is 279 g/mol. The van der Waals surface area contributed by atoms with E-state index >= 15 is 0 Å². The van der Waals surface area contributed by atoms with Gasteiger partial charge in [-0.1, -0.05) is 37.0 Å². The van der Waals surface area contributed by atoms with Crippen molar-refractivity contribution in [3.8, 4) is 0 Å². The van der Waals surface area contributed by atoms with Crippen molar-refractivity contribution in [3.63, 3.8) is 0 Å². The van der Waals surface area contributed by atoms with Gasteiger partial charge in [-0.05, 0) is 44.0 Å². The lowest BCUT2D eigenvalue weighted by molar-refractivity contribution is 0.321. The summed E-state index contributed by atoms with van der Waals surface area (Å²) in [5.74, 6) is 0. The van der Waals surface area contributed by atoms with E-state index in [1.54, 1.807) is 0 Å². The lowest BCUT2D eigenvalue weighted by atomic mass is 9.92. The second-order valence-electron chi connectivity index (χ2n) is 5.29. The van der Waals surface area contributed by atoms with Crippen LogP contribution in [0.25, 0.3) is 0 Å². The van der Waals surface area contributed by atoms with Crippen molar-refractivity contribution in [1.29, 1.82) is 0 Å². The molecule has 0 atom stereocenters. The van der Waals surface area contributed by atoms with Gasteiger partial charge in [-0.15, -0.1) is 0 Å². The third kappa shape index (κ3) is 3.36. The maximum absolute atomic E-state index is 6.14. The zero-order chi connectivity index (χ0) is 13.9. The van der Waals surface area contributed by atoms with E-state index in [0.29, 0.717) is 10.0 Å². The van der Waals surface area contributed by atoms with Crippen molar-refractivity contribution in [1.82, 2.24) is 5.32 Å². The van der Waals surface area contributed by atoms with E-state index in [1.807, 2.05) is 12.1 Å². The maximum atomic E-state index is 6.14. The SMILES string of the molecule is CCC1(CC)CN(c2ccc(Cl)c(Cl)c2)CCCN1. The van der Waals surface area contributed by atoms with E-state index < -0.39 is 0 Å². The van der Waals surface area contributed by atoms with E-state index in [9.17, 15) is 0 Å². The van der Waals surface area contributed by atoms with Gasteiger partial charge in [0.2, 0.25) is 0 Å². The van der Waals surface area contributed by atoms with Crippen LogP contribution >= 0.6 is 23.2 Å². The highest BCUT2D eigenvalue weighted by atomic mass is 35.5. The van der Waals surface area contributed by atoms with Crippen molar-refractivity contribution in [2.45, 2.75) is 38.6 Å². The molecule has 1 aliphatic heterocycles. The van der Waals surface area contributed by atoms with Gasteiger partial charge < -0.3 is 10.2 Å². The molecule has 0 saturated carbocycles. The zero-order valence-corrected chi connectivity index (χ0v) is 13.2. The smallest absolute Gasteiger partial charge is 0.0612 e. The van der Waals surface area contributed by atoms with Crippen molar-refractivity contribution in [2.24, 2.45) is 0 Å². The predicted molar refractivity (Wildman–Crippen MR) is 84.6 cm³/mol. The van der Waals surface area contributed by atoms with Gasteiger partial charge in [0.1, 0.15) is 0 Å². The molecule has 0 bridgehead atoms. The summed E-state index contributed by atoms with van der Waals surface area (Å²) in [6, 6.07) is 5.93. The summed E-state index contributed by atoms with van der Waals surface area (Å²) in [4.78, 5) is 2.43. The Hall–Kier alpha value is -0.440. The Morgan fingerprint density at radius 3 is 2.58 bits per heavy atom. The molecule has 1 fully saturated rings. The third-order valence-corrected chi connectivity index (χ3v) is 4.96. The number of hydrogen-bond acceptors (Lipinski definition) is 2. The minimum absolute atomic E-state index is 0.211. The van der Waals surface area contributed by atoms with Crippen LogP contribution in [-0.4, -0.2) is 25.2 Å². The van der Waals surface area contributed by atoms with E-state index in [2.05, 4.69) is 30.1 Å². The van der Waals surface area contributed by atoms with Gasteiger partial charge in [-0.2, -0.15) is 0 Å². The van der Waals surface area contributed by atoms with E-state index in [1.165, 1.54) is 5.69 Å². The monoisotopic (exact) mass is 300 g/mol. The number of rotatable bonds is 3. The number of nitrogens with one attached hydrogen (secondary N) is 1. The molecule has 0 aromatic heterocycles. The lowest BCUT2D eigenvalue weighted by Gasteiger charge is -2.36. The van der Waals surface area contributed by atoms with Crippen LogP contribution < -0.4 is 10.2 Å². The van der Waals surface area contributed by atoms with Gasteiger partial charge in [-0.3, -0.25) is 0 Å². The lowest BCUT2D eigenvalue weighted by Crippen LogP contribution is -2.50. The van der Waals surface area contributed by atoms with Crippen molar-refractivity contribution in [3.05, 3.63) is 28.2 Å². The van der Waals surface area contributed by atoms with Crippen LogP contribution in [-0.2, 0) is 0 Å². The number of anilines is 1. The van der Waals surface area contributed by atoms with E-state index in [0.717, 1.165) is 38.9 Å². The second kappa shape index (κ2) is 6.34. The Balaban J connectivity index is 2.24. The Bertz CT molecular complexity index is 430. The second-order valence-corrected chi connectivity index (χ2v) is 6.10. The highest BCUT2D eigenvalue weighted by Crippen LogP contribution is 2.30. The molecule has 2 nitrogen and oxygen atoms in total. The average Bonchev–Trinajstić information content (AvgIpc) is 2.65. The molecule has 1 aliphatic rings. The fourth-order valence-corrected chi connectivity index (χ4v) is 3.04. The molecule has 0 amide bonds. The first-order valence-electron chi connectivity index (χ1n) is 7.05. The van der Waals surface area contributed by atoms with Gasteiger partial charge in [0.15, 0.2) is 0 Å². The Kier molecular flexibility index (Phi) is 4.99. The third-order valence-electron chi connectivity index (χ3n) is 4.22. The summed E-state index contributed by atoms with van der Waals surface area (Å²) in [5, 5.41) is 4.97. The summed E-state index contributed by atoms with van der Waals surface area (Å²) in [6.45, 7) is 7.69. The molecule has 1 aromatic carbocycles. The Morgan fingerprint density at radius 2 is 1.95 bits per heavy atom. The number of benzene rings is 1. The highest BCUT2D eigenvalue weighted by Gasteiger charge is 2.30. The summed E-state index contributed by atoms with van der Waals surface area (Å²) in [5.41, 5.74) is 1.38. The van der Waals surface area contributed by atoms with Crippen molar-refractivity contribution in [2.75, 3.05) is 24.5 Å². The topological polar surface area (TPSA) is 15.3 Å². The van der Waals surface area contributed by atoms with Crippen LogP contribution in [0.4, 0.5) is 5.69 Å². The van der Waals surface area contributed by atoms with Gasteiger partial charge in [0.25, 0.3) is 0 Å². The molecule has 1 saturated heterocycles. The fraction of sp³-hybridized carbons (Fsp3) is 0.600. The molecule has 0 unspecified atom stereocenters. The molecule has 1 heterocycles. The van der Waals surface area contributed by atoms with Gasteiger partial charge >= 0.3 is 0 Å². The van der Waals surface area contributed by atoms with Crippen LogP contribution in [0.15, 0.2) is 18.2 Å². The summed E-state index contributed by atoms with van der Waals surface area (Å²) >= 11 is 12.1. The van der Waals surface area contributed by atoms with Crippen LogP contribution in [0.3, 0.4) is 0 Å². The molecule has 1 N–H and O–H groups in total. The summed E-state index contributed by atoms with van der Waals surface area (Å²) in [6.07, 6.45) is 3.44. The number of nitrogens with zero attached hydrogens (tertiary/aromatic N) is 1. The average molecular weight is 301 g/mol. The van der Waals surface area contributed by atoms with Gasteiger partial charge in [0.05, 0.1) is 10.0 Å². The number of hydrogen-bond donors (Lipinski definition) is 1. The molecule has 0 radical (unpaired) electrons. The first kappa shape index (κ1) is 15.0. The molecule has 0 spiro atoms.